The van der Waals surface area contributed by atoms with E-state index in [1.165, 1.54) is 0 Å². The van der Waals surface area contributed by atoms with Crippen LogP contribution in [0, 0.1) is 6.92 Å². The minimum Gasteiger partial charge on any atom is -0.492 e. The molecule has 0 atom stereocenters. The molecule has 140 valence electrons. The number of hydrogen-bond acceptors (Lipinski definition) is 4. The molecule has 3 rings (SSSR count). The van der Waals surface area contributed by atoms with E-state index in [1.807, 2.05) is 25.1 Å². The van der Waals surface area contributed by atoms with Gasteiger partial charge in [-0.05, 0) is 43.7 Å². The van der Waals surface area contributed by atoms with E-state index in [4.69, 9.17) is 27.9 Å². The zero-order valence-corrected chi connectivity index (χ0v) is 16.2. The smallest absolute Gasteiger partial charge is 0.225 e. The van der Waals surface area contributed by atoms with Crippen LogP contribution in [-0.2, 0) is 4.79 Å². The Kier molecular flexibility index (Phi) is 6.32. The number of rotatable bonds is 7. The molecule has 1 N–H and O–H groups in total. The molecule has 0 unspecified atom stereocenters. The van der Waals surface area contributed by atoms with Crippen molar-refractivity contribution in [3.63, 3.8) is 0 Å². The van der Waals surface area contributed by atoms with Crippen LogP contribution < -0.4 is 10.1 Å². The maximum absolute atomic E-state index is 12.3. The molecule has 0 aliphatic heterocycles. The normalized spacial score (nSPS) is 10.6. The number of anilines is 1. The summed E-state index contributed by atoms with van der Waals surface area (Å²) in [5, 5.41) is 8.24. The Bertz CT molecular complexity index is 929. The second-order valence-corrected chi connectivity index (χ2v) is 6.69. The quantitative estimate of drug-likeness (QED) is 0.580. The summed E-state index contributed by atoms with van der Waals surface area (Å²) in [7, 11) is 0. The topological polar surface area (TPSA) is 69.0 Å². The number of amides is 1. The fraction of sp³-hybridized carbons (Fsp3) is 0.211. The van der Waals surface area contributed by atoms with Gasteiger partial charge in [-0.3, -0.25) is 4.79 Å². The molecule has 2 aromatic heterocycles. The van der Waals surface area contributed by atoms with Crippen LogP contribution in [0.1, 0.15) is 18.5 Å². The van der Waals surface area contributed by atoms with Gasteiger partial charge in [0.2, 0.25) is 5.91 Å². The number of carbonyl (C=O) groups is 1. The Morgan fingerprint density at radius 1 is 1.22 bits per heavy atom. The predicted molar refractivity (Wildman–Crippen MR) is 106 cm³/mol. The van der Waals surface area contributed by atoms with Gasteiger partial charge in [0.05, 0.1) is 17.3 Å². The van der Waals surface area contributed by atoms with E-state index in [9.17, 15) is 4.79 Å². The van der Waals surface area contributed by atoms with Crippen LogP contribution in [0.15, 0.2) is 48.7 Å². The van der Waals surface area contributed by atoms with Crippen molar-refractivity contribution in [3.05, 3.63) is 64.4 Å². The second kappa shape index (κ2) is 8.88. The first-order chi connectivity index (χ1) is 13.0. The van der Waals surface area contributed by atoms with Gasteiger partial charge in [0.25, 0.3) is 0 Å². The highest BCUT2D eigenvalue weighted by Crippen LogP contribution is 2.27. The lowest BCUT2D eigenvalue weighted by atomic mass is 10.3. The summed E-state index contributed by atoms with van der Waals surface area (Å²) >= 11 is 11.9. The van der Waals surface area contributed by atoms with Crippen LogP contribution in [0.5, 0.6) is 5.75 Å². The average Bonchev–Trinajstić information content (AvgIpc) is 3.01. The lowest BCUT2D eigenvalue weighted by molar-refractivity contribution is -0.116. The van der Waals surface area contributed by atoms with Gasteiger partial charge in [-0.15, -0.1) is 0 Å². The molecule has 0 saturated carbocycles. The van der Waals surface area contributed by atoms with Gasteiger partial charge in [-0.1, -0.05) is 29.3 Å². The van der Waals surface area contributed by atoms with Crippen molar-refractivity contribution in [2.75, 3.05) is 11.9 Å². The maximum atomic E-state index is 12.3. The summed E-state index contributed by atoms with van der Waals surface area (Å²) in [6.07, 6.45) is 2.52. The number of halogens is 2. The molecule has 0 radical (unpaired) electrons. The molecular weight excluding hydrogens is 387 g/mol. The van der Waals surface area contributed by atoms with Crippen molar-refractivity contribution in [3.8, 4) is 11.6 Å². The number of hydrogen-bond donors (Lipinski definition) is 1. The average molecular weight is 405 g/mol. The highest BCUT2D eigenvalue weighted by molar-refractivity contribution is 6.35. The van der Waals surface area contributed by atoms with Gasteiger partial charge >= 0.3 is 0 Å². The molecule has 0 saturated heterocycles. The van der Waals surface area contributed by atoms with Gasteiger partial charge in [0, 0.05) is 23.7 Å². The van der Waals surface area contributed by atoms with Gasteiger partial charge in [-0.25, -0.2) is 4.98 Å². The molecule has 3 aromatic rings. The van der Waals surface area contributed by atoms with Crippen LogP contribution >= 0.6 is 23.2 Å². The molecule has 0 bridgehead atoms. The molecule has 1 amide bonds. The summed E-state index contributed by atoms with van der Waals surface area (Å²) in [6, 6.07) is 12.3. The molecule has 8 heteroatoms. The molecular formula is C19H18Cl2N4O2. The van der Waals surface area contributed by atoms with E-state index >= 15 is 0 Å². The van der Waals surface area contributed by atoms with Crippen molar-refractivity contribution >= 4 is 34.9 Å². The Morgan fingerprint density at radius 2 is 2.07 bits per heavy atom. The molecule has 27 heavy (non-hydrogen) atoms. The number of aromatic nitrogens is 3. The first kappa shape index (κ1) is 19.2. The van der Waals surface area contributed by atoms with E-state index < -0.39 is 0 Å². The summed E-state index contributed by atoms with van der Waals surface area (Å²) < 4.78 is 7.20. The molecule has 0 aliphatic carbocycles. The third kappa shape index (κ3) is 5.21. The van der Waals surface area contributed by atoms with E-state index in [2.05, 4.69) is 15.4 Å². The number of carbonyl (C=O) groups excluding carboxylic acids is 1. The Hall–Kier alpha value is -2.57. The number of nitrogens with one attached hydrogen (secondary N) is 1. The largest absolute Gasteiger partial charge is 0.492 e. The van der Waals surface area contributed by atoms with Gasteiger partial charge < -0.3 is 10.1 Å². The SMILES string of the molecule is Cc1cc(NC(=O)CCCOc2ccc(Cl)cc2Cl)n(-c2ccccn2)n1. The fourth-order valence-corrected chi connectivity index (χ4v) is 2.92. The van der Waals surface area contributed by atoms with E-state index in [0.717, 1.165) is 5.69 Å². The molecule has 0 aliphatic rings. The zero-order chi connectivity index (χ0) is 19.2. The number of benzene rings is 1. The second-order valence-electron chi connectivity index (χ2n) is 5.85. The minimum absolute atomic E-state index is 0.127. The highest BCUT2D eigenvalue weighted by atomic mass is 35.5. The Balaban J connectivity index is 1.53. The third-order valence-corrected chi connectivity index (χ3v) is 4.20. The zero-order valence-electron chi connectivity index (χ0n) is 14.7. The standard InChI is InChI=1S/C19H18Cl2N4O2/c1-13-11-18(25(24-13)17-5-2-3-9-22-17)23-19(26)6-4-10-27-16-8-7-14(20)12-15(16)21/h2-3,5,7-9,11-12H,4,6,10H2,1H3,(H,23,26). The number of nitrogens with zero attached hydrogens (tertiary/aromatic N) is 3. The van der Waals surface area contributed by atoms with Crippen molar-refractivity contribution in [1.29, 1.82) is 0 Å². The lowest BCUT2D eigenvalue weighted by Gasteiger charge is -2.09. The summed E-state index contributed by atoms with van der Waals surface area (Å²) in [6.45, 7) is 2.23. The van der Waals surface area contributed by atoms with Crippen LogP contribution in [0.25, 0.3) is 5.82 Å². The molecule has 0 fully saturated rings. The molecule has 0 spiro atoms. The highest BCUT2D eigenvalue weighted by Gasteiger charge is 2.11. The third-order valence-electron chi connectivity index (χ3n) is 3.66. The van der Waals surface area contributed by atoms with E-state index in [1.54, 1.807) is 35.1 Å². The Labute approximate surface area is 167 Å². The summed E-state index contributed by atoms with van der Waals surface area (Å²) in [5.41, 5.74) is 0.789. The first-order valence-electron chi connectivity index (χ1n) is 8.39. The van der Waals surface area contributed by atoms with Crippen LogP contribution in [0.3, 0.4) is 0 Å². The molecule has 2 heterocycles. The van der Waals surface area contributed by atoms with Crippen LogP contribution in [0.4, 0.5) is 5.82 Å². The number of ether oxygens (including phenoxy) is 1. The Morgan fingerprint density at radius 3 is 2.81 bits per heavy atom. The van der Waals surface area contributed by atoms with Crippen molar-refractivity contribution in [2.24, 2.45) is 0 Å². The van der Waals surface area contributed by atoms with Crippen LogP contribution in [-0.4, -0.2) is 27.3 Å². The summed E-state index contributed by atoms with van der Waals surface area (Å²) in [5.74, 6) is 1.64. The maximum Gasteiger partial charge on any atom is 0.225 e. The van der Waals surface area contributed by atoms with Crippen LogP contribution in [0.2, 0.25) is 10.0 Å². The van der Waals surface area contributed by atoms with E-state index in [-0.39, 0.29) is 5.91 Å². The monoisotopic (exact) mass is 404 g/mol. The number of pyridine rings is 1. The first-order valence-corrected chi connectivity index (χ1v) is 9.14. The van der Waals surface area contributed by atoms with Crippen molar-refractivity contribution in [1.82, 2.24) is 14.8 Å². The van der Waals surface area contributed by atoms with Gasteiger partial charge in [0.15, 0.2) is 5.82 Å². The predicted octanol–water partition coefficient (Wildman–Crippen LogP) is 4.68. The van der Waals surface area contributed by atoms with Crippen molar-refractivity contribution < 1.29 is 9.53 Å². The number of aryl methyl sites for hydroxylation is 1. The van der Waals surface area contributed by atoms with Gasteiger partial charge in [0.1, 0.15) is 11.6 Å². The molecule has 1 aromatic carbocycles. The summed E-state index contributed by atoms with van der Waals surface area (Å²) in [4.78, 5) is 16.5. The van der Waals surface area contributed by atoms with E-state index in [0.29, 0.717) is 46.9 Å². The molecule has 6 nitrogen and oxygen atoms in total. The van der Waals surface area contributed by atoms with Gasteiger partial charge in [-0.2, -0.15) is 9.78 Å². The minimum atomic E-state index is -0.127. The van der Waals surface area contributed by atoms with Crippen molar-refractivity contribution in [2.45, 2.75) is 19.8 Å². The lowest BCUT2D eigenvalue weighted by Crippen LogP contribution is -2.16. The fourth-order valence-electron chi connectivity index (χ4n) is 2.45.